The van der Waals surface area contributed by atoms with E-state index in [4.69, 9.17) is 4.99 Å². The number of aromatic amines is 1. The molecule has 0 spiro atoms. The highest BCUT2D eigenvalue weighted by Gasteiger charge is 2.15. The molecule has 4 nitrogen and oxygen atoms in total. The zero-order chi connectivity index (χ0) is 17.4. The Morgan fingerprint density at radius 2 is 2.00 bits per heavy atom. The zero-order valence-electron chi connectivity index (χ0n) is 13.6. The maximum atomic E-state index is 11.3. The van der Waals surface area contributed by atoms with Crippen molar-refractivity contribution in [1.29, 1.82) is 0 Å². The molecule has 1 atom stereocenters. The van der Waals surface area contributed by atoms with Crippen LogP contribution in [-0.2, 0) is 0 Å². The SMILES string of the molecule is CC(C1=Cc2cc(=Cc3sc(=O)[nH]c3O)ccc2=N1)c1ccccc1. The van der Waals surface area contributed by atoms with Crippen LogP contribution in [0.4, 0.5) is 0 Å². The molecule has 0 saturated carbocycles. The zero-order valence-corrected chi connectivity index (χ0v) is 14.4. The molecule has 1 aliphatic heterocycles. The average Bonchev–Trinajstić information content (AvgIpc) is 3.17. The Hall–Kier alpha value is -2.92. The Bertz CT molecular complexity index is 1140. The molecule has 1 aliphatic rings. The third-order valence-corrected chi connectivity index (χ3v) is 5.12. The van der Waals surface area contributed by atoms with Gasteiger partial charge in [-0.3, -0.25) is 14.8 Å². The Morgan fingerprint density at radius 1 is 1.20 bits per heavy atom. The van der Waals surface area contributed by atoms with Gasteiger partial charge in [-0.05, 0) is 35.1 Å². The number of hydrogen-bond donors (Lipinski definition) is 2. The molecule has 2 heterocycles. The van der Waals surface area contributed by atoms with Gasteiger partial charge in [-0.1, -0.05) is 54.7 Å². The number of rotatable bonds is 3. The minimum absolute atomic E-state index is 0.0888. The van der Waals surface area contributed by atoms with E-state index in [1.165, 1.54) is 5.56 Å². The number of fused-ring (bicyclic) bond motifs is 1. The Morgan fingerprint density at radius 3 is 2.72 bits per heavy atom. The van der Waals surface area contributed by atoms with Gasteiger partial charge in [0.15, 0.2) is 0 Å². The highest BCUT2D eigenvalue weighted by atomic mass is 32.1. The molecule has 0 fully saturated rings. The van der Waals surface area contributed by atoms with Crippen LogP contribution in [0, 0.1) is 0 Å². The van der Waals surface area contributed by atoms with Crippen molar-refractivity contribution in [3.63, 3.8) is 0 Å². The fourth-order valence-electron chi connectivity index (χ4n) is 2.93. The molecule has 4 rings (SSSR count). The smallest absolute Gasteiger partial charge is 0.307 e. The van der Waals surface area contributed by atoms with Crippen LogP contribution in [0.25, 0.3) is 12.2 Å². The van der Waals surface area contributed by atoms with E-state index in [0.717, 1.165) is 33.2 Å². The number of thiazole rings is 1. The van der Waals surface area contributed by atoms with E-state index < -0.39 is 0 Å². The van der Waals surface area contributed by atoms with Crippen molar-refractivity contribution < 1.29 is 5.11 Å². The minimum atomic E-state index is -0.265. The fraction of sp³-hybridized carbons (Fsp3) is 0.100. The number of aromatic nitrogens is 1. The first-order chi connectivity index (χ1) is 12.1. The molecule has 0 aliphatic carbocycles. The lowest BCUT2D eigenvalue weighted by Crippen LogP contribution is -2.10. The Labute approximate surface area is 148 Å². The number of nitrogens with one attached hydrogen (secondary N) is 1. The molecule has 1 unspecified atom stereocenters. The van der Waals surface area contributed by atoms with Crippen LogP contribution >= 0.6 is 11.3 Å². The van der Waals surface area contributed by atoms with Crippen molar-refractivity contribution in [2.24, 2.45) is 4.99 Å². The lowest BCUT2D eigenvalue weighted by Gasteiger charge is -2.10. The van der Waals surface area contributed by atoms with Gasteiger partial charge in [0.25, 0.3) is 0 Å². The van der Waals surface area contributed by atoms with E-state index in [0.29, 0.717) is 4.88 Å². The second-order valence-electron chi connectivity index (χ2n) is 6.00. The molecule has 2 N–H and O–H groups in total. The van der Waals surface area contributed by atoms with E-state index in [-0.39, 0.29) is 16.7 Å². The third kappa shape index (κ3) is 3.06. The first-order valence-corrected chi connectivity index (χ1v) is 8.81. The van der Waals surface area contributed by atoms with Crippen molar-refractivity contribution in [3.05, 3.63) is 90.5 Å². The quantitative estimate of drug-likeness (QED) is 0.764. The summed E-state index contributed by atoms with van der Waals surface area (Å²) in [6.45, 7) is 2.15. The van der Waals surface area contributed by atoms with Crippen molar-refractivity contribution in [2.45, 2.75) is 12.8 Å². The van der Waals surface area contributed by atoms with Crippen LogP contribution in [0.3, 0.4) is 0 Å². The predicted octanol–water partition coefficient (Wildman–Crippen LogP) is 2.75. The standard InChI is InChI=1S/C20H16N2O2S/c1-12(14-5-3-2-4-6-14)17-11-15-9-13(7-8-16(15)21-17)10-18-19(23)22-20(24)25-18/h2-12,23H,1H3,(H,22,24). The second-order valence-corrected chi connectivity index (χ2v) is 7.02. The highest BCUT2D eigenvalue weighted by molar-refractivity contribution is 7.10. The van der Waals surface area contributed by atoms with E-state index in [1.807, 2.05) is 36.4 Å². The first-order valence-electron chi connectivity index (χ1n) is 7.99. The number of allylic oxidation sites excluding steroid dienone is 1. The minimum Gasteiger partial charge on any atom is -0.493 e. The van der Waals surface area contributed by atoms with Gasteiger partial charge in [0, 0.05) is 17.2 Å². The normalized spacial score (nSPS) is 14.8. The summed E-state index contributed by atoms with van der Waals surface area (Å²) in [5.41, 5.74) is 3.32. The van der Waals surface area contributed by atoms with Gasteiger partial charge in [-0.25, -0.2) is 0 Å². The summed E-state index contributed by atoms with van der Waals surface area (Å²) in [5, 5.41) is 11.6. The van der Waals surface area contributed by atoms with E-state index in [2.05, 4.69) is 30.1 Å². The van der Waals surface area contributed by atoms with Gasteiger partial charge >= 0.3 is 4.87 Å². The molecular formula is C20H16N2O2S. The first kappa shape index (κ1) is 15.6. The van der Waals surface area contributed by atoms with E-state index in [1.54, 1.807) is 6.08 Å². The third-order valence-electron chi connectivity index (χ3n) is 4.30. The molecule has 3 aromatic rings. The number of benzene rings is 2. The van der Waals surface area contributed by atoms with Crippen LogP contribution in [0.2, 0.25) is 0 Å². The molecule has 0 bridgehead atoms. The van der Waals surface area contributed by atoms with Crippen molar-refractivity contribution in [1.82, 2.24) is 4.98 Å². The molecule has 124 valence electrons. The number of aromatic hydroxyl groups is 1. The summed E-state index contributed by atoms with van der Waals surface area (Å²) in [7, 11) is 0. The van der Waals surface area contributed by atoms with Gasteiger partial charge in [-0.15, -0.1) is 0 Å². The van der Waals surface area contributed by atoms with Gasteiger partial charge in [0.05, 0.1) is 10.2 Å². The van der Waals surface area contributed by atoms with Gasteiger partial charge in [-0.2, -0.15) is 0 Å². The molecule has 0 amide bonds. The number of hydrogen-bond acceptors (Lipinski definition) is 4. The monoisotopic (exact) mass is 348 g/mol. The molecule has 0 saturated heterocycles. The van der Waals surface area contributed by atoms with Crippen molar-refractivity contribution >= 4 is 23.5 Å². The lowest BCUT2D eigenvalue weighted by atomic mass is 9.97. The summed E-state index contributed by atoms with van der Waals surface area (Å²) in [6.07, 6.45) is 3.90. The Balaban J connectivity index is 1.71. The van der Waals surface area contributed by atoms with Crippen LogP contribution in [0.15, 0.2) is 64.0 Å². The number of H-pyrrole nitrogens is 1. The van der Waals surface area contributed by atoms with Gasteiger partial charge in [0.2, 0.25) is 5.88 Å². The van der Waals surface area contributed by atoms with Crippen LogP contribution in [0.5, 0.6) is 5.88 Å². The van der Waals surface area contributed by atoms with Gasteiger partial charge < -0.3 is 5.11 Å². The van der Waals surface area contributed by atoms with Crippen LogP contribution < -0.4 is 15.4 Å². The predicted molar refractivity (Wildman–Crippen MR) is 100 cm³/mol. The van der Waals surface area contributed by atoms with Crippen LogP contribution in [0.1, 0.15) is 28.8 Å². The molecule has 0 radical (unpaired) electrons. The topological polar surface area (TPSA) is 65.5 Å². The maximum Gasteiger partial charge on any atom is 0.307 e. The molecule has 2 aromatic carbocycles. The van der Waals surface area contributed by atoms with E-state index in [9.17, 15) is 9.90 Å². The van der Waals surface area contributed by atoms with Crippen LogP contribution in [-0.4, -0.2) is 10.1 Å². The lowest BCUT2D eigenvalue weighted by molar-refractivity contribution is 0.455. The summed E-state index contributed by atoms with van der Waals surface area (Å²) in [6, 6.07) is 16.2. The average molecular weight is 348 g/mol. The summed E-state index contributed by atoms with van der Waals surface area (Å²) in [4.78, 5) is 18.7. The highest BCUT2D eigenvalue weighted by Crippen LogP contribution is 2.27. The number of nitrogens with zero attached hydrogens (tertiary/aromatic N) is 1. The van der Waals surface area contributed by atoms with Crippen molar-refractivity contribution in [3.8, 4) is 5.88 Å². The molecule has 5 heteroatoms. The molecule has 25 heavy (non-hydrogen) atoms. The van der Waals surface area contributed by atoms with Crippen molar-refractivity contribution in [2.75, 3.05) is 0 Å². The summed E-state index contributed by atoms with van der Waals surface area (Å²) in [5.74, 6) is 0.133. The largest absolute Gasteiger partial charge is 0.493 e. The summed E-state index contributed by atoms with van der Waals surface area (Å²) >= 11 is 0.990. The molecular weight excluding hydrogens is 332 g/mol. The summed E-state index contributed by atoms with van der Waals surface area (Å²) < 4.78 is 0. The Kier molecular flexibility index (Phi) is 3.86. The maximum absolute atomic E-state index is 11.3. The van der Waals surface area contributed by atoms with E-state index >= 15 is 0 Å². The van der Waals surface area contributed by atoms with Gasteiger partial charge in [0.1, 0.15) is 0 Å². The second kappa shape index (κ2) is 6.18. The molecule has 1 aromatic heterocycles. The fourth-order valence-corrected chi connectivity index (χ4v) is 3.62.